The molecule has 1 aliphatic rings. The number of Topliss-reactive ketones (excluding diaryl/α,β-unsaturated/α-hetero) is 1. The van der Waals surface area contributed by atoms with Gasteiger partial charge in [-0.25, -0.2) is 12.7 Å². The Morgan fingerprint density at radius 3 is 2.88 bits per heavy atom. The minimum atomic E-state index is -3.43. The van der Waals surface area contributed by atoms with E-state index in [0.717, 1.165) is 6.26 Å². The van der Waals surface area contributed by atoms with Crippen LogP contribution in [0, 0.1) is 5.41 Å². The van der Waals surface area contributed by atoms with E-state index in [1.54, 1.807) is 23.3 Å². The van der Waals surface area contributed by atoms with Crippen LogP contribution in [0.3, 0.4) is 0 Å². The first-order valence-electron chi connectivity index (χ1n) is 7.13. The van der Waals surface area contributed by atoms with E-state index in [1.807, 2.05) is 0 Å². The van der Waals surface area contributed by atoms with Crippen molar-refractivity contribution in [2.45, 2.75) is 6.04 Å². The molecule has 0 amide bonds. The van der Waals surface area contributed by atoms with E-state index in [9.17, 15) is 13.2 Å². The van der Waals surface area contributed by atoms with Crippen LogP contribution in [-0.2, 0) is 10.0 Å². The fourth-order valence-electron chi connectivity index (χ4n) is 2.57. The van der Waals surface area contributed by atoms with Gasteiger partial charge in [0.1, 0.15) is 0 Å². The summed E-state index contributed by atoms with van der Waals surface area (Å²) in [5.74, 6) is -0.279. The smallest absolute Gasteiger partial charge is 0.286 e. The van der Waals surface area contributed by atoms with Crippen LogP contribution in [0.1, 0.15) is 10.4 Å². The summed E-state index contributed by atoms with van der Waals surface area (Å²) in [6, 6.07) is 2.46. The first-order valence-corrected chi connectivity index (χ1v) is 8.97. The van der Waals surface area contributed by atoms with Crippen molar-refractivity contribution < 1.29 is 22.5 Å². The maximum atomic E-state index is 12.8. The maximum Gasteiger partial charge on any atom is 0.286 e. The Kier molecular flexibility index (Phi) is 4.20. The third-order valence-electron chi connectivity index (χ3n) is 3.75. The predicted molar refractivity (Wildman–Crippen MR) is 79.9 cm³/mol. The molecule has 0 bridgehead atoms. The standard InChI is InChI=1S/C13H16N6O4S/c1-24(21,22)17-5-6-18(19-9-12(14)23-16-19)11(8-17)13(20)10-3-2-4-15-7-10/h2-4,7,9,11,14H,5-6,8H2,1H3. The van der Waals surface area contributed by atoms with Crippen LogP contribution in [0.25, 0.3) is 0 Å². The summed E-state index contributed by atoms with van der Waals surface area (Å²) in [4.78, 5) is 18.0. The Hall–Kier alpha value is -2.53. The molecule has 11 heteroatoms. The Balaban J connectivity index is 1.96. The molecule has 128 valence electrons. The van der Waals surface area contributed by atoms with Crippen molar-refractivity contribution >= 4 is 15.8 Å². The van der Waals surface area contributed by atoms with Crippen LogP contribution in [0.5, 0.6) is 0 Å². The Morgan fingerprint density at radius 2 is 2.29 bits per heavy atom. The first kappa shape index (κ1) is 16.3. The van der Waals surface area contributed by atoms with Gasteiger partial charge in [0.25, 0.3) is 11.8 Å². The van der Waals surface area contributed by atoms with E-state index < -0.39 is 16.1 Å². The van der Waals surface area contributed by atoms with Crippen molar-refractivity contribution in [1.82, 2.24) is 14.6 Å². The molecule has 24 heavy (non-hydrogen) atoms. The number of pyridine rings is 1. The molecular weight excluding hydrogens is 336 g/mol. The van der Waals surface area contributed by atoms with Crippen molar-refractivity contribution in [3.8, 4) is 0 Å². The van der Waals surface area contributed by atoms with E-state index >= 15 is 0 Å². The van der Waals surface area contributed by atoms with Gasteiger partial charge in [0.05, 0.1) is 12.3 Å². The third kappa shape index (κ3) is 3.21. The lowest BCUT2D eigenvalue weighted by molar-refractivity contribution is -0.766. The number of nitrogens with zero attached hydrogens (tertiary/aromatic N) is 5. The zero-order chi connectivity index (χ0) is 17.3. The topological polar surface area (TPSA) is 126 Å². The minimum absolute atomic E-state index is 0.0141. The van der Waals surface area contributed by atoms with Crippen molar-refractivity contribution in [3.05, 3.63) is 41.8 Å². The maximum absolute atomic E-state index is 12.8. The zero-order valence-electron chi connectivity index (χ0n) is 12.9. The van der Waals surface area contributed by atoms with Crippen LogP contribution in [0.4, 0.5) is 0 Å². The van der Waals surface area contributed by atoms with E-state index in [2.05, 4.69) is 10.3 Å². The van der Waals surface area contributed by atoms with Crippen LogP contribution >= 0.6 is 0 Å². The molecule has 10 nitrogen and oxygen atoms in total. The van der Waals surface area contributed by atoms with E-state index in [4.69, 9.17) is 9.93 Å². The van der Waals surface area contributed by atoms with Gasteiger partial charge in [-0.1, -0.05) is 4.79 Å². The van der Waals surface area contributed by atoms with Crippen LogP contribution in [0.15, 0.2) is 35.2 Å². The van der Waals surface area contributed by atoms with E-state index in [1.165, 1.54) is 21.5 Å². The summed E-state index contributed by atoms with van der Waals surface area (Å²) >= 11 is 0. The number of nitrogens with one attached hydrogen (secondary N) is 1. The van der Waals surface area contributed by atoms with Gasteiger partial charge in [-0.2, -0.15) is 0 Å². The number of carbonyl (C=O) groups is 1. The molecule has 1 unspecified atom stereocenters. The average Bonchev–Trinajstić information content (AvgIpc) is 3.00. The second-order valence-electron chi connectivity index (χ2n) is 5.39. The van der Waals surface area contributed by atoms with Crippen molar-refractivity contribution in [3.63, 3.8) is 0 Å². The molecule has 1 aliphatic heterocycles. The molecule has 0 aliphatic carbocycles. The summed E-state index contributed by atoms with van der Waals surface area (Å²) in [5.41, 5.74) is 0.214. The predicted octanol–water partition coefficient (Wildman–Crippen LogP) is -2.14. The molecule has 3 heterocycles. The molecule has 2 aromatic rings. The highest BCUT2D eigenvalue weighted by molar-refractivity contribution is 7.88. The molecule has 2 aromatic heterocycles. The summed E-state index contributed by atoms with van der Waals surface area (Å²) in [6.45, 7) is 0.434. The highest BCUT2D eigenvalue weighted by atomic mass is 32.2. The van der Waals surface area contributed by atoms with Crippen LogP contribution in [0.2, 0.25) is 0 Å². The summed E-state index contributed by atoms with van der Waals surface area (Å²) in [7, 11) is -3.43. The summed E-state index contributed by atoms with van der Waals surface area (Å²) in [5, 5.41) is 12.7. The molecule has 0 aromatic carbocycles. The van der Waals surface area contributed by atoms with E-state index in [0.29, 0.717) is 5.56 Å². The van der Waals surface area contributed by atoms with Crippen LogP contribution < -0.4 is 20.6 Å². The third-order valence-corrected chi connectivity index (χ3v) is 5.02. The minimum Gasteiger partial charge on any atom is -0.380 e. The number of hydrogen-bond acceptors (Lipinski definition) is 7. The zero-order valence-corrected chi connectivity index (χ0v) is 13.7. The average molecular weight is 352 g/mol. The van der Waals surface area contributed by atoms with Gasteiger partial charge in [0.15, 0.2) is 5.78 Å². The van der Waals surface area contributed by atoms with Gasteiger partial charge in [-0.05, 0) is 17.4 Å². The van der Waals surface area contributed by atoms with E-state index in [-0.39, 0.29) is 31.0 Å². The quantitative estimate of drug-likeness (QED) is 0.492. The largest absolute Gasteiger partial charge is 0.380 e. The lowest BCUT2D eigenvalue weighted by Gasteiger charge is -2.39. The normalized spacial score (nSPS) is 19.4. The van der Waals surface area contributed by atoms with Crippen molar-refractivity contribution in [1.29, 1.82) is 5.41 Å². The highest BCUT2D eigenvalue weighted by Crippen LogP contribution is 2.13. The van der Waals surface area contributed by atoms with Gasteiger partial charge in [-0.3, -0.25) is 20.2 Å². The molecule has 1 saturated heterocycles. The fourth-order valence-corrected chi connectivity index (χ4v) is 3.40. The molecule has 0 spiro atoms. The summed E-state index contributed by atoms with van der Waals surface area (Å²) in [6.07, 6.45) is 5.42. The number of aromatic nitrogens is 3. The van der Waals surface area contributed by atoms with Gasteiger partial charge in [-0.15, -0.1) is 0 Å². The lowest BCUT2D eigenvalue weighted by atomic mass is 10.0. The SMILES string of the molecule is CS(=O)(=O)N1CCN([n+]2cc(=N)o[n-]2)C(C(=O)c2cccnc2)C1. The monoisotopic (exact) mass is 352 g/mol. The van der Waals surface area contributed by atoms with Crippen molar-refractivity contribution in [2.24, 2.45) is 0 Å². The molecular formula is C13H16N6O4S. The molecule has 0 radical (unpaired) electrons. The number of ketones is 1. The van der Waals surface area contributed by atoms with Gasteiger partial charge in [0.2, 0.25) is 10.0 Å². The number of piperazine rings is 1. The number of carbonyl (C=O) groups excluding carboxylic acids is 1. The fraction of sp³-hybridized carbons (Fsp3) is 0.385. The molecule has 1 atom stereocenters. The molecule has 0 saturated carbocycles. The van der Waals surface area contributed by atoms with Gasteiger partial charge in [0, 0.05) is 37.6 Å². The number of rotatable bonds is 4. The second kappa shape index (κ2) is 6.17. The molecule has 1 fully saturated rings. The molecule has 1 N–H and O–H groups in total. The summed E-state index contributed by atoms with van der Waals surface area (Å²) < 4.78 is 29.7. The van der Waals surface area contributed by atoms with Gasteiger partial charge < -0.3 is 4.52 Å². The Bertz CT molecular complexity index is 890. The van der Waals surface area contributed by atoms with Crippen molar-refractivity contribution in [2.75, 3.05) is 30.9 Å². The lowest BCUT2D eigenvalue weighted by Crippen LogP contribution is -2.73. The Morgan fingerprint density at radius 1 is 1.50 bits per heavy atom. The highest BCUT2D eigenvalue weighted by Gasteiger charge is 2.36. The van der Waals surface area contributed by atoms with Gasteiger partial charge >= 0.3 is 0 Å². The second-order valence-corrected chi connectivity index (χ2v) is 7.37. The number of sulfonamides is 1. The van der Waals surface area contributed by atoms with Crippen LogP contribution in [-0.4, -0.2) is 55.4 Å². The molecule has 3 rings (SSSR count). The first-order chi connectivity index (χ1) is 11.4. The number of hydrogen-bond donors (Lipinski definition) is 1. The Labute approximate surface area is 137 Å².